The van der Waals surface area contributed by atoms with Gasteiger partial charge in [0.15, 0.2) is 0 Å². The molecule has 1 aromatic rings. The van der Waals surface area contributed by atoms with Crippen molar-refractivity contribution in [1.82, 2.24) is 4.90 Å². The molecular formula is C15H21NO2. The van der Waals surface area contributed by atoms with E-state index in [9.17, 15) is 4.79 Å². The highest BCUT2D eigenvalue weighted by atomic mass is 16.6. The average molecular weight is 247 g/mol. The van der Waals surface area contributed by atoms with Gasteiger partial charge in [-0.15, -0.1) is 0 Å². The molecule has 2 rings (SSSR count). The molecule has 3 heteroatoms. The van der Waals surface area contributed by atoms with Crippen LogP contribution in [0, 0.1) is 0 Å². The van der Waals surface area contributed by atoms with Crippen LogP contribution < -0.4 is 0 Å². The number of rotatable bonds is 3. The van der Waals surface area contributed by atoms with Crippen LogP contribution in [0.3, 0.4) is 0 Å². The monoisotopic (exact) mass is 247 g/mol. The van der Waals surface area contributed by atoms with Gasteiger partial charge in [-0.05, 0) is 33.3 Å². The third kappa shape index (κ3) is 3.10. The van der Waals surface area contributed by atoms with E-state index < -0.39 is 5.60 Å². The number of carbonyl (C=O) groups is 1. The van der Waals surface area contributed by atoms with Gasteiger partial charge in [-0.1, -0.05) is 30.3 Å². The van der Waals surface area contributed by atoms with Crippen LogP contribution in [0.25, 0.3) is 0 Å². The molecule has 1 saturated heterocycles. The van der Waals surface area contributed by atoms with Crippen LogP contribution in [0.2, 0.25) is 0 Å². The Labute approximate surface area is 109 Å². The number of hydrogen-bond donors (Lipinski definition) is 0. The Morgan fingerprint density at radius 2 is 1.94 bits per heavy atom. The van der Waals surface area contributed by atoms with E-state index >= 15 is 0 Å². The smallest absolute Gasteiger partial charge is 0.325 e. The first-order valence-electron chi connectivity index (χ1n) is 6.42. The van der Waals surface area contributed by atoms with E-state index in [1.54, 1.807) is 0 Å². The van der Waals surface area contributed by atoms with Gasteiger partial charge in [0.2, 0.25) is 0 Å². The Morgan fingerprint density at radius 3 is 2.50 bits per heavy atom. The molecule has 1 unspecified atom stereocenters. The summed E-state index contributed by atoms with van der Waals surface area (Å²) in [6.07, 6.45) is 0. The molecule has 0 aromatic heterocycles. The van der Waals surface area contributed by atoms with Crippen LogP contribution in [0.4, 0.5) is 0 Å². The molecule has 3 nitrogen and oxygen atoms in total. The minimum atomic E-state index is -0.401. The second kappa shape index (κ2) is 4.73. The minimum Gasteiger partial charge on any atom is -0.459 e. The van der Waals surface area contributed by atoms with Gasteiger partial charge >= 0.3 is 5.97 Å². The van der Waals surface area contributed by atoms with E-state index in [-0.39, 0.29) is 18.1 Å². The predicted octanol–water partition coefficient (Wildman–Crippen LogP) is 2.77. The summed E-state index contributed by atoms with van der Waals surface area (Å²) in [5.74, 6) is -0.106. The van der Waals surface area contributed by atoms with Crippen molar-refractivity contribution in [3.8, 4) is 0 Å². The van der Waals surface area contributed by atoms with Gasteiger partial charge in [0.25, 0.3) is 0 Å². The maximum atomic E-state index is 11.9. The van der Waals surface area contributed by atoms with Crippen LogP contribution in [-0.4, -0.2) is 29.1 Å². The number of carbonyl (C=O) groups excluding carboxylic acids is 1. The lowest BCUT2D eigenvalue weighted by Gasteiger charge is -2.20. The Balaban J connectivity index is 1.93. The highest BCUT2D eigenvalue weighted by molar-refractivity contribution is 5.79. The summed E-state index contributed by atoms with van der Waals surface area (Å²) < 4.78 is 5.40. The Kier molecular flexibility index (Phi) is 3.44. The van der Waals surface area contributed by atoms with E-state index in [0.717, 1.165) is 6.54 Å². The lowest BCUT2D eigenvalue weighted by molar-refractivity contribution is -0.155. The standard InChI is InChI=1S/C15H21NO2/c1-11(12-8-6-5-7-9-12)16-10-13(16)14(17)18-15(2,3)4/h5-9,11,13H,10H2,1-4H3/t11-,13+,16?/m1/s1. The molecule has 0 aliphatic carbocycles. The fourth-order valence-electron chi connectivity index (χ4n) is 2.08. The summed E-state index contributed by atoms with van der Waals surface area (Å²) in [5.41, 5.74) is 0.838. The first-order valence-corrected chi connectivity index (χ1v) is 6.42. The molecule has 1 fully saturated rings. The van der Waals surface area contributed by atoms with Crippen LogP contribution in [-0.2, 0) is 9.53 Å². The van der Waals surface area contributed by atoms with Crippen molar-refractivity contribution in [1.29, 1.82) is 0 Å². The number of hydrogen-bond acceptors (Lipinski definition) is 3. The van der Waals surface area contributed by atoms with Gasteiger partial charge < -0.3 is 4.74 Å². The van der Waals surface area contributed by atoms with Gasteiger partial charge in [-0.2, -0.15) is 0 Å². The van der Waals surface area contributed by atoms with Crippen molar-refractivity contribution in [2.45, 2.75) is 45.4 Å². The average Bonchev–Trinajstić information content (AvgIpc) is 3.07. The second-order valence-electron chi connectivity index (χ2n) is 5.83. The number of benzene rings is 1. The number of nitrogens with zero attached hydrogens (tertiary/aromatic N) is 1. The summed E-state index contributed by atoms with van der Waals surface area (Å²) in [6.45, 7) is 8.62. The molecule has 1 aliphatic heterocycles. The summed E-state index contributed by atoms with van der Waals surface area (Å²) in [4.78, 5) is 14.1. The largest absolute Gasteiger partial charge is 0.459 e. The normalized spacial score (nSPS) is 24.4. The zero-order chi connectivity index (χ0) is 13.3. The van der Waals surface area contributed by atoms with E-state index in [1.165, 1.54) is 5.56 Å². The quantitative estimate of drug-likeness (QED) is 0.607. The van der Waals surface area contributed by atoms with Crippen LogP contribution in [0.5, 0.6) is 0 Å². The molecule has 98 valence electrons. The van der Waals surface area contributed by atoms with Crippen molar-refractivity contribution in [3.05, 3.63) is 35.9 Å². The molecule has 1 aliphatic rings. The van der Waals surface area contributed by atoms with Crippen LogP contribution in [0.15, 0.2) is 30.3 Å². The fourth-order valence-corrected chi connectivity index (χ4v) is 2.08. The van der Waals surface area contributed by atoms with E-state index in [0.29, 0.717) is 0 Å². The SMILES string of the molecule is C[C@H](c1ccccc1)N1C[C@H]1C(=O)OC(C)(C)C. The van der Waals surface area contributed by atoms with Crippen molar-refractivity contribution in [2.75, 3.05) is 6.54 Å². The van der Waals surface area contributed by atoms with Gasteiger partial charge in [0, 0.05) is 12.6 Å². The molecule has 1 aromatic carbocycles. The molecule has 0 bridgehead atoms. The van der Waals surface area contributed by atoms with E-state index in [4.69, 9.17) is 4.74 Å². The maximum Gasteiger partial charge on any atom is 0.325 e. The Morgan fingerprint density at radius 1 is 1.33 bits per heavy atom. The number of ether oxygens (including phenoxy) is 1. The van der Waals surface area contributed by atoms with Crippen molar-refractivity contribution in [2.24, 2.45) is 0 Å². The third-order valence-electron chi connectivity index (χ3n) is 3.11. The fraction of sp³-hybridized carbons (Fsp3) is 0.533. The molecular weight excluding hydrogens is 226 g/mol. The van der Waals surface area contributed by atoms with Crippen molar-refractivity contribution < 1.29 is 9.53 Å². The summed E-state index contributed by atoms with van der Waals surface area (Å²) in [6, 6.07) is 10.4. The second-order valence-corrected chi connectivity index (χ2v) is 5.83. The van der Waals surface area contributed by atoms with Gasteiger partial charge in [-0.25, -0.2) is 0 Å². The first kappa shape index (κ1) is 13.1. The lowest BCUT2D eigenvalue weighted by atomic mass is 10.1. The summed E-state index contributed by atoms with van der Waals surface area (Å²) in [5, 5.41) is 0. The molecule has 0 spiro atoms. The van der Waals surface area contributed by atoms with Gasteiger partial charge in [-0.3, -0.25) is 9.69 Å². The van der Waals surface area contributed by atoms with Crippen molar-refractivity contribution >= 4 is 5.97 Å². The van der Waals surface area contributed by atoms with E-state index in [2.05, 4.69) is 24.0 Å². The van der Waals surface area contributed by atoms with Gasteiger partial charge in [0.05, 0.1) is 0 Å². The molecule has 0 amide bonds. The van der Waals surface area contributed by atoms with Gasteiger partial charge in [0.1, 0.15) is 11.6 Å². The topological polar surface area (TPSA) is 29.3 Å². The first-order chi connectivity index (χ1) is 8.38. The Bertz CT molecular complexity index is 422. The van der Waals surface area contributed by atoms with E-state index in [1.807, 2.05) is 39.0 Å². The molecule has 18 heavy (non-hydrogen) atoms. The highest BCUT2D eigenvalue weighted by Gasteiger charge is 2.45. The maximum absolute atomic E-state index is 11.9. The summed E-state index contributed by atoms with van der Waals surface area (Å²) >= 11 is 0. The number of esters is 1. The summed E-state index contributed by atoms with van der Waals surface area (Å²) in [7, 11) is 0. The molecule has 0 saturated carbocycles. The van der Waals surface area contributed by atoms with Crippen LogP contribution in [0.1, 0.15) is 39.3 Å². The molecule has 3 atom stereocenters. The zero-order valence-electron chi connectivity index (χ0n) is 11.5. The highest BCUT2D eigenvalue weighted by Crippen LogP contribution is 2.32. The van der Waals surface area contributed by atoms with Crippen LogP contribution >= 0.6 is 0 Å². The third-order valence-corrected chi connectivity index (χ3v) is 3.11. The molecule has 1 heterocycles. The van der Waals surface area contributed by atoms with Crippen molar-refractivity contribution in [3.63, 3.8) is 0 Å². The lowest BCUT2D eigenvalue weighted by Crippen LogP contribution is -2.28. The predicted molar refractivity (Wildman–Crippen MR) is 71.2 cm³/mol. The minimum absolute atomic E-state index is 0.0700. The molecule has 0 N–H and O–H groups in total. The zero-order valence-corrected chi connectivity index (χ0v) is 11.5. The molecule has 0 radical (unpaired) electrons. The Hall–Kier alpha value is -1.35.